The first kappa shape index (κ1) is 21.5. The number of rotatable bonds is 7. The van der Waals surface area contributed by atoms with Crippen LogP contribution in [-0.2, 0) is 22.6 Å². The molecular weight excluding hydrogens is 404 g/mol. The summed E-state index contributed by atoms with van der Waals surface area (Å²) in [6.45, 7) is 1.29. The molecule has 2 aromatic heterocycles. The first-order chi connectivity index (χ1) is 14.8. The van der Waals surface area contributed by atoms with Gasteiger partial charge >= 0.3 is 17.3 Å². The van der Waals surface area contributed by atoms with Crippen molar-refractivity contribution in [3.05, 3.63) is 108 Å². The molecule has 0 radical (unpaired) electrons. The standard InChI is InChI=1S/C21H20N4O6/c1-14-11-25(21(30)23-19(14)28)13-16(12-24-10-9-17(26)22-20(24)29)31-18(27)8-7-15-5-3-2-4-6-15/h2-11,16H,12-13H2,1H3,(H,22,26,29)(H,23,28,30)/b8-7+. The highest BCUT2D eigenvalue weighted by atomic mass is 16.5. The van der Waals surface area contributed by atoms with E-state index >= 15 is 0 Å². The van der Waals surface area contributed by atoms with Crippen molar-refractivity contribution < 1.29 is 9.53 Å². The van der Waals surface area contributed by atoms with Crippen LogP contribution in [0, 0.1) is 6.92 Å². The molecule has 3 aromatic rings. The Hall–Kier alpha value is -4.21. The summed E-state index contributed by atoms with van der Waals surface area (Å²) < 4.78 is 7.80. The maximum Gasteiger partial charge on any atom is 0.331 e. The summed E-state index contributed by atoms with van der Waals surface area (Å²) in [6, 6.07) is 10.3. The molecule has 1 atom stereocenters. The highest BCUT2D eigenvalue weighted by Crippen LogP contribution is 2.05. The molecule has 1 unspecified atom stereocenters. The number of aryl methyl sites for hydroxylation is 1. The fourth-order valence-electron chi connectivity index (χ4n) is 2.85. The minimum absolute atomic E-state index is 0.118. The number of nitrogens with zero attached hydrogens (tertiary/aromatic N) is 2. The van der Waals surface area contributed by atoms with Crippen molar-refractivity contribution in [3.8, 4) is 0 Å². The molecule has 0 fully saturated rings. The van der Waals surface area contributed by atoms with Gasteiger partial charge in [-0.15, -0.1) is 0 Å². The number of esters is 1. The molecule has 0 bridgehead atoms. The van der Waals surface area contributed by atoms with Crippen LogP contribution in [0.5, 0.6) is 0 Å². The van der Waals surface area contributed by atoms with Crippen LogP contribution in [0.2, 0.25) is 0 Å². The van der Waals surface area contributed by atoms with E-state index in [0.717, 1.165) is 16.2 Å². The number of ether oxygens (including phenoxy) is 1. The van der Waals surface area contributed by atoms with Crippen LogP contribution in [0.1, 0.15) is 11.1 Å². The van der Waals surface area contributed by atoms with Crippen LogP contribution in [0.4, 0.5) is 0 Å². The van der Waals surface area contributed by atoms with Gasteiger partial charge in [0, 0.05) is 30.1 Å². The number of carbonyl (C=O) groups excluding carboxylic acids is 1. The van der Waals surface area contributed by atoms with Gasteiger partial charge in [0.25, 0.3) is 11.1 Å². The first-order valence-electron chi connectivity index (χ1n) is 9.36. The lowest BCUT2D eigenvalue weighted by Crippen LogP contribution is -2.39. The van der Waals surface area contributed by atoms with Gasteiger partial charge in [-0.1, -0.05) is 30.3 Å². The summed E-state index contributed by atoms with van der Waals surface area (Å²) in [5, 5.41) is 0. The van der Waals surface area contributed by atoms with Crippen molar-refractivity contribution in [1.82, 2.24) is 19.1 Å². The lowest BCUT2D eigenvalue weighted by atomic mass is 10.2. The molecule has 10 heteroatoms. The van der Waals surface area contributed by atoms with Gasteiger partial charge in [-0.25, -0.2) is 14.4 Å². The van der Waals surface area contributed by atoms with E-state index in [2.05, 4.69) is 9.97 Å². The fraction of sp³-hybridized carbons (Fsp3) is 0.190. The summed E-state index contributed by atoms with van der Waals surface area (Å²) in [4.78, 5) is 63.7. The van der Waals surface area contributed by atoms with E-state index in [1.807, 2.05) is 30.3 Å². The van der Waals surface area contributed by atoms with Gasteiger partial charge in [0.05, 0.1) is 13.1 Å². The van der Waals surface area contributed by atoms with Crippen LogP contribution < -0.4 is 22.5 Å². The van der Waals surface area contributed by atoms with Crippen molar-refractivity contribution >= 4 is 12.0 Å². The van der Waals surface area contributed by atoms with Crippen molar-refractivity contribution in [1.29, 1.82) is 0 Å². The SMILES string of the molecule is Cc1cn(CC(Cn2ccc(=O)[nH]c2=O)OC(=O)/C=C/c2ccccc2)c(=O)[nH]c1=O. The zero-order valence-corrected chi connectivity index (χ0v) is 16.6. The van der Waals surface area contributed by atoms with Crippen LogP contribution in [0.3, 0.4) is 0 Å². The molecule has 0 amide bonds. The van der Waals surface area contributed by atoms with Crippen molar-refractivity contribution in [3.63, 3.8) is 0 Å². The molecule has 0 saturated heterocycles. The quantitative estimate of drug-likeness (QED) is 0.405. The predicted octanol–water partition coefficient (Wildman–Crippen LogP) is 0.0204. The Morgan fingerprint density at radius 3 is 2.39 bits per heavy atom. The second kappa shape index (κ2) is 9.53. The largest absolute Gasteiger partial charge is 0.455 e. The van der Waals surface area contributed by atoms with Gasteiger partial charge in [-0.3, -0.25) is 28.7 Å². The predicted molar refractivity (Wildman–Crippen MR) is 113 cm³/mol. The first-order valence-corrected chi connectivity index (χ1v) is 9.36. The molecule has 2 N–H and O–H groups in total. The maximum absolute atomic E-state index is 12.4. The summed E-state index contributed by atoms with van der Waals surface area (Å²) in [6.07, 6.45) is 4.47. The molecule has 160 valence electrons. The van der Waals surface area contributed by atoms with Crippen LogP contribution >= 0.6 is 0 Å². The number of hydrogen-bond donors (Lipinski definition) is 2. The zero-order valence-electron chi connectivity index (χ0n) is 16.6. The molecule has 0 aliphatic heterocycles. The second-order valence-corrected chi connectivity index (χ2v) is 6.79. The molecule has 31 heavy (non-hydrogen) atoms. The van der Waals surface area contributed by atoms with Gasteiger partial charge in [-0.2, -0.15) is 0 Å². The molecule has 1 aromatic carbocycles. The summed E-state index contributed by atoms with van der Waals surface area (Å²) in [5.74, 6) is -0.680. The minimum Gasteiger partial charge on any atom is -0.455 e. The summed E-state index contributed by atoms with van der Waals surface area (Å²) >= 11 is 0. The molecular formula is C21H20N4O6. The summed E-state index contributed by atoms with van der Waals surface area (Å²) in [5.41, 5.74) is -1.34. The van der Waals surface area contributed by atoms with Gasteiger partial charge in [0.2, 0.25) is 0 Å². The van der Waals surface area contributed by atoms with Gasteiger partial charge in [0.1, 0.15) is 6.10 Å². The number of aromatic amines is 2. The van der Waals surface area contributed by atoms with E-state index in [0.29, 0.717) is 5.56 Å². The zero-order chi connectivity index (χ0) is 22.4. The van der Waals surface area contributed by atoms with Crippen molar-refractivity contribution in [2.24, 2.45) is 0 Å². The molecule has 2 heterocycles. The number of nitrogens with one attached hydrogen (secondary N) is 2. The third-order valence-corrected chi connectivity index (χ3v) is 4.38. The number of carbonyl (C=O) groups is 1. The Bertz CT molecular complexity index is 1330. The normalized spacial score (nSPS) is 12.0. The molecule has 0 aliphatic rings. The van der Waals surface area contributed by atoms with Crippen LogP contribution in [-0.4, -0.2) is 31.2 Å². The lowest BCUT2D eigenvalue weighted by molar-refractivity contribution is -0.144. The maximum atomic E-state index is 12.4. The topological polar surface area (TPSA) is 136 Å². The average molecular weight is 424 g/mol. The Morgan fingerprint density at radius 2 is 1.68 bits per heavy atom. The average Bonchev–Trinajstić information content (AvgIpc) is 2.73. The van der Waals surface area contributed by atoms with E-state index < -0.39 is 34.6 Å². The molecule has 0 aliphatic carbocycles. The van der Waals surface area contributed by atoms with E-state index in [9.17, 15) is 24.0 Å². The van der Waals surface area contributed by atoms with Crippen LogP contribution in [0.15, 0.2) is 74.0 Å². The molecule has 0 saturated carbocycles. The van der Waals surface area contributed by atoms with Gasteiger partial charge in [0.15, 0.2) is 0 Å². The van der Waals surface area contributed by atoms with Crippen LogP contribution in [0.25, 0.3) is 6.08 Å². The van der Waals surface area contributed by atoms with E-state index in [1.54, 1.807) is 6.08 Å². The third kappa shape index (κ3) is 5.89. The highest BCUT2D eigenvalue weighted by Gasteiger charge is 2.17. The number of aromatic nitrogens is 4. The van der Waals surface area contributed by atoms with Crippen molar-refractivity contribution in [2.45, 2.75) is 26.1 Å². The molecule has 0 spiro atoms. The van der Waals surface area contributed by atoms with Gasteiger partial charge < -0.3 is 4.74 Å². The lowest BCUT2D eigenvalue weighted by Gasteiger charge is -2.19. The Kier molecular flexibility index (Phi) is 6.61. The van der Waals surface area contributed by atoms with Crippen molar-refractivity contribution in [2.75, 3.05) is 0 Å². The van der Waals surface area contributed by atoms with E-state index in [-0.39, 0.29) is 13.1 Å². The van der Waals surface area contributed by atoms with E-state index in [1.165, 1.54) is 30.0 Å². The highest BCUT2D eigenvalue weighted by molar-refractivity contribution is 5.87. The minimum atomic E-state index is -0.945. The Labute approximate surface area is 175 Å². The smallest absolute Gasteiger partial charge is 0.331 e. The number of hydrogen-bond acceptors (Lipinski definition) is 6. The molecule has 10 nitrogen and oxygen atoms in total. The van der Waals surface area contributed by atoms with E-state index in [4.69, 9.17) is 4.74 Å². The second-order valence-electron chi connectivity index (χ2n) is 6.79. The molecule has 3 rings (SSSR count). The third-order valence-electron chi connectivity index (χ3n) is 4.38. The summed E-state index contributed by atoms with van der Waals surface area (Å²) in [7, 11) is 0. The number of benzene rings is 1. The Morgan fingerprint density at radius 1 is 1.00 bits per heavy atom. The fourth-order valence-corrected chi connectivity index (χ4v) is 2.85. The Balaban J connectivity index is 1.85. The monoisotopic (exact) mass is 424 g/mol. The number of H-pyrrole nitrogens is 2. The van der Waals surface area contributed by atoms with Gasteiger partial charge in [-0.05, 0) is 18.6 Å².